The number of aromatic hydroxyl groups is 1. The largest absolute Gasteiger partial charge is 0.507 e. The first-order chi connectivity index (χ1) is 11.3. The first kappa shape index (κ1) is 14.7. The van der Waals surface area contributed by atoms with Crippen LogP contribution < -0.4 is 0 Å². The third kappa shape index (κ3) is 3.92. The van der Waals surface area contributed by atoms with Crippen molar-refractivity contribution in [3.63, 3.8) is 0 Å². The van der Waals surface area contributed by atoms with Crippen LogP contribution in [0.5, 0.6) is 5.75 Å². The summed E-state index contributed by atoms with van der Waals surface area (Å²) in [5, 5.41) is 9.79. The second-order valence-electron chi connectivity index (χ2n) is 4.97. The quantitative estimate of drug-likeness (QED) is 0.685. The molecule has 0 aromatic heterocycles. The molecular formula is C20H16N2O. The van der Waals surface area contributed by atoms with E-state index in [1.165, 1.54) is 0 Å². The Labute approximate surface area is 135 Å². The SMILES string of the molecule is Oc1ccccc1C=Nc1ccccc1N=Cc1ccccc1. The Morgan fingerprint density at radius 3 is 1.87 bits per heavy atom. The average molecular weight is 300 g/mol. The number of phenols is 1. The average Bonchev–Trinajstić information content (AvgIpc) is 2.61. The summed E-state index contributed by atoms with van der Waals surface area (Å²) in [7, 11) is 0. The molecule has 0 atom stereocenters. The molecular weight excluding hydrogens is 284 g/mol. The number of phenolic OH excluding ortho intramolecular Hbond substituents is 1. The van der Waals surface area contributed by atoms with Crippen LogP contribution >= 0.6 is 0 Å². The van der Waals surface area contributed by atoms with E-state index < -0.39 is 0 Å². The topological polar surface area (TPSA) is 45.0 Å². The number of nitrogens with zero attached hydrogens (tertiary/aromatic N) is 2. The lowest BCUT2D eigenvalue weighted by Gasteiger charge is -2.01. The summed E-state index contributed by atoms with van der Waals surface area (Å²) in [6.07, 6.45) is 3.46. The van der Waals surface area contributed by atoms with E-state index >= 15 is 0 Å². The standard InChI is InChI=1S/C20H16N2O/c23-20-13-7-4-10-17(20)15-22-19-12-6-5-11-18(19)21-14-16-8-2-1-3-9-16/h1-15,23H. The van der Waals surface area contributed by atoms with Gasteiger partial charge in [-0.15, -0.1) is 0 Å². The minimum atomic E-state index is 0.210. The maximum absolute atomic E-state index is 9.79. The lowest BCUT2D eigenvalue weighted by atomic mass is 10.2. The van der Waals surface area contributed by atoms with E-state index in [2.05, 4.69) is 9.98 Å². The van der Waals surface area contributed by atoms with Crippen LogP contribution in [-0.4, -0.2) is 17.5 Å². The van der Waals surface area contributed by atoms with Crippen molar-refractivity contribution in [2.24, 2.45) is 9.98 Å². The summed E-state index contributed by atoms with van der Waals surface area (Å²) in [6, 6.07) is 24.7. The number of hydrogen-bond donors (Lipinski definition) is 1. The molecule has 0 aliphatic rings. The first-order valence-corrected chi connectivity index (χ1v) is 7.33. The van der Waals surface area contributed by atoms with E-state index in [0.29, 0.717) is 5.56 Å². The molecule has 0 bridgehead atoms. The Bertz CT molecular complexity index is 839. The van der Waals surface area contributed by atoms with E-state index in [1.54, 1.807) is 18.3 Å². The van der Waals surface area contributed by atoms with Gasteiger partial charge in [0.15, 0.2) is 0 Å². The van der Waals surface area contributed by atoms with Gasteiger partial charge in [-0.1, -0.05) is 54.6 Å². The summed E-state index contributed by atoms with van der Waals surface area (Å²) in [5.41, 5.74) is 3.24. The van der Waals surface area contributed by atoms with Gasteiger partial charge >= 0.3 is 0 Å². The molecule has 3 aromatic rings. The first-order valence-electron chi connectivity index (χ1n) is 7.33. The van der Waals surface area contributed by atoms with Crippen LogP contribution in [0.2, 0.25) is 0 Å². The molecule has 0 unspecified atom stereocenters. The van der Waals surface area contributed by atoms with Crippen molar-refractivity contribution in [2.75, 3.05) is 0 Å². The number of rotatable bonds is 4. The van der Waals surface area contributed by atoms with E-state index in [9.17, 15) is 5.11 Å². The lowest BCUT2D eigenvalue weighted by Crippen LogP contribution is -1.81. The highest BCUT2D eigenvalue weighted by Crippen LogP contribution is 2.27. The van der Waals surface area contributed by atoms with Crippen molar-refractivity contribution < 1.29 is 5.11 Å². The Hall–Kier alpha value is -3.20. The highest BCUT2D eigenvalue weighted by Gasteiger charge is 1.99. The van der Waals surface area contributed by atoms with Gasteiger partial charge in [0.2, 0.25) is 0 Å². The molecule has 3 rings (SSSR count). The van der Waals surface area contributed by atoms with E-state index in [0.717, 1.165) is 16.9 Å². The smallest absolute Gasteiger partial charge is 0.124 e. The molecule has 0 aliphatic heterocycles. The van der Waals surface area contributed by atoms with Crippen LogP contribution in [0.25, 0.3) is 0 Å². The highest BCUT2D eigenvalue weighted by atomic mass is 16.3. The minimum absolute atomic E-state index is 0.210. The van der Waals surface area contributed by atoms with Gasteiger partial charge in [-0.25, -0.2) is 0 Å². The molecule has 0 radical (unpaired) electrons. The number of aliphatic imine (C=N–C) groups is 2. The minimum Gasteiger partial charge on any atom is -0.507 e. The van der Waals surface area contributed by atoms with Crippen LogP contribution in [0.1, 0.15) is 11.1 Å². The molecule has 3 nitrogen and oxygen atoms in total. The zero-order valence-electron chi connectivity index (χ0n) is 12.5. The summed E-state index contributed by atoms with van der Waals surface area (Å²) in [6.45, 7) is 0. The second kappa shape index (κ2) is 7.18. The predicted octanol–water partition coefficient (Wildman–Crippen LogP) is 4.89. The van der Waals surface area contributed by atoms with E-state index in [4.69, 9.17) is 0 Å². The van der Waals surface area contributed by atoms with Gasteiger partial charge in [-0.3, -0.25) is 9.98 Å². The molecule has 0 fully saturated rings. The molecule has 3 heteroatoms. The summed E-state index contributed by atoms with van der Waals surface area (Å²) >= 11 is 0. The fraction of sp³-hybridized carbons (Fsp3) is 0. The van der Waals surface area contributed by atoms with E-state index in [-0.39, 0.29) is 5.75 Å². The van der Waals surface area contributed by atoms with Crippen LogP contribution in [0.3, 0.4) is 0 Å². The van der Waals surface area contributed by atoms with Crippen molar-refractivity contribution in [3.05, 3.63) is 90.0 Å². The highest BCUT2D eigenvalue weighted by molar-refractivity contribution is 5.88. The maximum atomic E-state index is 9.79. The maximum Gasteiger partial charge on any atom is 0.124 e. The molecule has 3 aromatic carbocycles. The Morgan fingerprint density at radius 1 is 0.609 bits per heavy atom. The Morgan fingerprint density at radius 2 is 1.17 bits per heavy atom. The molecule has 0 saturated heterocycles. The third-order valence-electron chi connectivity index (χ3n) is 3.31. The van der Waals surface area contributed by atoms with Gasteiger partial charge in [-0.05, 0) is 29.8 Å². The molecule has 112 valence electrons. The monoisotopic (exact) mass is 300 g/mol. The van der Waals surface area contributed by atoms with Gasteiger partial charge in [-0.2, -0.15) is 0 Å². The van der Waals surface area contributed by atoms with Crippen LogP contribution in [0.15, 0.2) is 88.8 Å². The molecule has 0 amide bonds. The second-order valence-corrected chi connectivity index (χ2v) is 4.97. The van der Waals surface area contributed by atoms with Gasteiger partial charge in [0.25, 0.3) is 0 Å². The number of hydrogen-bond acceptors (Lipinski definition) is 3. The molecule has 0 spiro atoms. The van der Waals surface area contributed by atoms with E-state index in [1.807, 2.05) is 72.9 Å². The fourth-order valence-electron chi connectivity index (χ4n) is 2.10. The van der Waals surface area contributed by atoms with Crippen LogP contribution in [0.4, 0.5) is 11.4 Å². The normalized spacial score (nSPS) is 11.3. The van der Waals surface area contributed by atoms with Crippen molar-refractivity contribution in [2.45, 2.75) is 0 Å². The zero-order valence-corrected chi connectivity index (χ0v) is 12.5. The van der Waals surface area contributed by atoms with Crippen molar-refractivity contribution in [3.8, 4) is 5.75 Å². The molecule has 0 aliphatic carbocycles. The van der Waals surface area contributed by atoms with Gasteiger partial charge in [0.05, 0.1) is 11.4 Å². The molecule has 1 N–H and O–H groups in total. The summed E-state index contributed by atoms with van der Waals surface area (Å²) in [4.78, 5) is 8.96. The lowest BCUT2D eigenvalue weighted by molar-refractivity contribution is 0.474. The van der Waals surface area contributed by atoms with Gasteiger partial charge in [0, 0.05) is 18.0 Å². The third-order valence-corrected chi connectivity index (χ3v) is 3.31. The van der Waals surface area contributed by atoms with Gasteiger partial charge in [0.1, 0.15) is 5.75 Å². The zero-order chi connectivity index (χ0) is 15.9. The van der Waals surface area contributed by atoms with Crippen molar-refractivity contribution >= 4 is 23.8 Å². The number of para-hydroxylation sites is 3. The van der Waals surface area contributed by atoms with Crippen molar-refractivity contribution in [1.29, 1.82) is 0 Å². The Kier molecular flexibility index (Phi) is 4.60. The van der Waals surface area contributed by atoms with Gasteiger partial charge < -0.3 is 5.11 Å². The van der Waals surface area contributed by atoms with Crippen LogP contribution in [-0.2, 0) is 0 Å². The molecule has 23 heavy (non-hydrogen) atoms. The predicted molar refractivity (Wildman–Crippen MR) is 95.5 cm³/mol. The van der Waals surface area contributed by atoms with Crippen LogP contribution in [0, 0.1) is 0 Å². The fourth-order valence-corrected chi connectivity index (χ4v) is 2.10. The summed E-state index contributed by atoms with van der Waals surface area (Å²) < 4.78 is 0. The molecule has 0 heterocycles. The Balaban J connectivity index is 1.87. The summed E-state index contributed by atoms with van der Waals surface area (Å²) in [5.74, 6) is 0.210. The molecule has 0 saturated carbocycles. The number of benzene rings is 3. The van der Waals surface area contributed by atoms with Crippen molar-refractivity contribution in [1.82, 2.24) is 0 Å².